The molecular weight excluding hydrogens is 324 g/mol. The molecule has 4 rings (SSSR count). The molecule has 1 aliphatic rings. The molecule has 0 amide bonds. The van der Waals surface area contributed by atoms with E-state index in [0.717, 1.165) is 23.6 Å². The van der Waals surface area contributed by atoms with Gasteiger partial charge in [-0.3, -0.25) is 9.69 Å². The summed E-state index contributed by atoms with van der Waals surface area (Å²) in [5.74, 6) is 0.693. The number of nitrogens with one attached hydrogen (secondary N) is 1. The van der Waals surface area contributed by atoms with Gasteiger partial charge in [-0.25, -0.2) is 9.97 Å². The number of aromatic amines is 1. The number of ether oxygens (including phenoxy) is 1. The zero-order chi connectivity index (χ0) is 16.5. The maximum absolute atomic E-state index is 12.3. The van der Waals surface area contributed by atoms with Crippen LogP contribution in [0.4, 0.5) is 0 Å². The van der Waals surface area contributed by atoms with E-state index >= 15 is 0 Å². The summed E-state index contributed by atoms with van der Waals surface area (Å²) >= 11 is 1.61. The molecule has 0 spiro atoms. The van der Waals surface area contributed by atoms with Crippen molar-refractivity contribution in [2.24, 2.45) is 0 Å². The van der Waals surface area contributed by atoms with E-state index in [0.29, 0.717) is 17.8 Å². The number of rotatable bonds is 3. The van der Waals surface area contributed by atoms with E-state index in [2.05, 4.69) is 26.8 Å². The minimum Gasteiger partial charge on any atom is -0.368 e. The molecule has 0 bridgehead atoms. The lowest BCUT2D eigenvalue weighted by molar-refractivity contribution is -0.0442. The molecule has 1 aliphatic heterocycles. The molecule has 0 radical (unpaired) electrons. The number of thiazole rings is 1. The molecule has 3 heterocycles. The van der Waals surface area contributed by atoms with Crippen LogP contribution in [-0.2, 0) is 4.74 Å². The maximum Gasteiger partial charge on any atom is 0.258 e. The molecule has 2 unspecified atom stereocenters. The van der Waals surface area contributed by atoms with Crippen LogP contribution >= 0.6 is 11.3 Å². The Morgan fingerprint density at radius 2 is 2.29 bits per heavy atom. The number of aromatic nitrogens is 3. The van der Waals surface area contributed by atoms with Crippen LogP contribution in [0.15, 0.2) is 40.6 Å². The summed E-state index contributed by atoms with van der Waals surface area (Å²) in [6.07, 6.45) is 1.78. The minimum atomic E-state index is -0.0906. The SMILES string of the molecule is CC(c1nc2ccccc2c(=O)[nH]1)N1CCOC(c2nccs2)C1. The van der Waals surface area contributed by atoms with Gasteiger partial charge in [0.1, 0.15) is 16.9 Å². The first-order valence-electron chi connectivity index (χ1n) is 7.96. The van der Waals surface area contributed by atoms with E-state index in [-0.39, 0.29) is 17.7 Å². The summed E-state index contributed by atoms with van der Waals surface area (Å²) in [5.41, 5.74) is 0.639. The highest BCUT2D eigenvalue weighted by atomic mass is 32.1. The second-order valence-electron chi connectivity index (χ2n) is 5.87. The molecule has 1 saturated heterocycles. The van der Waals surface area contributed by atoms with Gasteiger partial charge >= 0.3 is 0 Å². The van der Waals surface area contributed by atoms with Gasteiger partial charge < -0.3 is 9.72 Å². The van der Waals surface area contributed by atoms with Gasteiger partial charge in [-0.2, -0.15) is 0 Å². The number of hydrogen-bond donors (Lipinski definition) is 1. The summed E-state index contributed by atoms with van der Waals surface area (Å²) in [4.78, 5) is 26.5. The topological polar surface area (TPSA) is 71.1 Å². The van der Waals surface area contributed by atoms with Crippen molar-refractivity contribution in [3.05, 3.63) is 57.0 Å². The Balaban J connectivity index is 1.61. The van der Waals surface area contributed by atoms with Crippen molar-refractivity contribution in [2.75, 3.05) is 19.7 Å². The van der Waals surface area contributed by atoms with Crippen molar-refractivity contribution in [2.45, 2.75) is 19.1 Å². The zero-order valence-corrected chi connectivity index (χ0v) is 14.1. The van der Waals surface area contributed by atoms with Crippen LogP contribution in [-0.4, -0.2) is 39.5 Å². The number of hydrogen-bond acceptors (Lipinski definition) is 6. The standard InChI is InChI=1S/C17H18N4O2S/c1-11(15-19-13-5-3-2-4-12(13)16(22)20-15)21-7-8-23-14(10-21)17-18-6-9-24-17/h2-6,9,11,14H,7-8,10H2,1H3,(H,19,20,22). The molecule has 7 heteroatoms. The monoisotopic (exact) mass is 342 g/mol. The molecule has 124 valence electrons. The van der Waals surface area contributed by atoms with Gasteiger partial charge in [0.05, 0.1) is 23.6 Å². The van der Waals surface area contributed by atoms with E-state index in [1.165, 1.54) is 0 Å². The highest BCUT2D eigenvalue weighted by molar-refractivity contribution is 7.09. The first-order chi connectivity index (χ1) is 11.7. The smallest absolute Gasteiger partial charge is 0.258 e. The van der Waals surface area contributed by atoms with Crippen LogP contribution in [0.5, 0.6) is 0 Å². The Hall–Kier alpha value is -2.09. The van der Waals surface area contributed by atoms with Crippen LogP contribution in [0, 0.1) is 0 Å². The fourth-order valence-electron chi connectivity index (χ4n) is 3.04. The molecular formula is C17H18N4O2S. The average Bonchev–Trinajstić information content (AvgIpc) is 3.16. The fourth-order valence-corrected chi connectivity index (χ4v) is 3.72. The Kier molecular flexibility index (Phi) is 4.13. The largest absolute Gasteiger partial charge is 0.368 e. The van der Waals surface area contributed by atoms with Crippen LogP contribution in [0.25, 0.3) is 10.9 Å². The third-order valence-electron chi connectivity index (χ3n) is 4.40. The molecule has 24 heavy (non-hydrogen) atoms. The van der Waals surface area contributed by atoms with Crippen molar-refractivity contribution >= 4 is 22.2 Å². The molecule has 3 aromatic rings. The highest BCUT2D eigenvalue weighted by Crippen LogP contribution is 2.28. The Morgan fingerprint density at radius 1 is 1.42 bits per heavy atom. The van der Waals surface area contributed by atoms with Gasteiger partial charge in [0.25, 0.3) is 5.56 Å². The number of nitrogens with zero attached hydrogens (tertiary/aromatic N) is 3. The van der Waals surface area contributed by atoms with Gasteiger partial charge in [-0.05, 0) is 19.1 Å². The summed E-state index contributed by atoms with van der Waals surface area (Å²) in [6.45, 7) is 4.26. The van der Waals surface area contributed by atoms with Gasteiger partial charge in [0.2, 0.25) is 0 Å². The highest BCUT2D eigenvalue weighted by Gasteiger charge is 2.28. The maximum atomic E-state index is 12.3. The van der Waals surface area contributed by atoms with Crippen molar-refractivity contribution in [3.8, 4) is 0 Å². The Morgan fingerprint density at radius 3 is 3.12 bits per heavy atom. The normalized spacial score (nSPS) is 20.3. The van der Waals surface area contributed by atoms with Gasteiger partial charge in [0.15, 0.2) is 0 Å². The van der Waals surface area contributed by atoms with Crippen molar-refractivity contribution in [1.29, 1.82) is 0 Å². The van der Waals surface area contributed by atoms with Crippen LogP contribution < -0.4 is 5.56 Å². The molecule has 1 fully saturated rings. The second kappa shape index (κ2) is 6.43. The van der Waals surface area contributed by atoms with Crippen molar-refractivity contribution < 1.29 is 4.74 Å². The number of H-pyrrole nitrogens is 1. The summed E-state index contributed by atoms with van der Waals surface area (Å²) in [7, 11) is 0. The van der Waals surface area contributed by atoms with Crippen LogP contribution in [0.3, 0.4) is 0 Å². The van der Waals surface area contributed by atoms with E-state index in [1.807, 2.05) is 23.6 Å². The fraction of sp³-hybridized carbons (Fsp3) is 0.353. The predicted octanol–water partition coefficient (Wildman–Crippen LogP) is 2.51. The number of morpholine rings is 1. The van der Waals surface area contributed by atoms with Gasteiger partial charge in [-0.15, -0.1) is 11.3 Å². The molecule has 0 aliphatic carbocycles. The van der Waals surface area contributed by atoms with E-state index in [4.69, 9.17) is 4.74 Å². The van der Waals surface area contributed by atoms with Gasteiger partial charge in [-0.1, -0.05) is 12.1 Å². The number of para-hydroxylation sites is 1. The minimum absolute atomic E-state index is 0.00803. The molecule has 1 aromatic carbocycles. The third-order valence-corrected chi connectivity index (χ3v) is 5.27. The lowest BCUT2D eigenvalue weighted by Crippen LogP contribution is -2.40. The number of fused-ring (bicyclic) bond motifs is 1. The lowest BCUT2D eigenvalue weighted by Gasteiger charge is -2.35. The quantitative estimate of drug-likeness (QED) is 0.792. The first kappa shape index (κ1) is 15.4. The van der Waals surface area contributed by atoms with Gasteiger partial charge in [0, 0.05) is 24.7 Å². The Labute approximate surface area is 143 Å². The summed E-state index contributed by atoms with van der Waals surface area (Å²) in [5, 5.41) is 3.58. The molecule has 0 saturated carbocycles. The van der Waals surface area contributed by atoms with Crippen LogP contribution in [0.2, 0.25) is 0 Å². The predicted molar refractivity (Wildman–Crippen MR) is 93.2 cm³/mol. The third kappa shape index (κ3) is 2.86. The lowest BCUT2D eigenvalue weighted by atomic mass is 10.2. The van der Waals surface area contributed by atoms with E-state index in [9.17, 15) is 4.79 Å². The molecule has 1 N–H and O–H groups in total. The van der Waals surface area contributed by atoms with Crippen molar-refractivity contribution in [1.82, 2.24) is 19.9 Å². The van der Waals surface area contributed by atoms with E-state index < -0.39 is 0 Å². The molecule has 6 nitrogen and oxygen atoms in total. The number of benzene rings is 1. The molecule has 2 aromatic heterocycles. The molecule has 2 atom stereocenters. The first-order valence-corrected chi connectivity index (χ1v) is 8.84. The second-order valence-corrected chi connectivity index (χ2v) is 6.80. The van der Waals surface area contributed by atoms with E-state index in [1.54, 1.807) is 23.6 Å². The summed E-state index contributed by atoms with van der Waals surface area (Å²) < 4.78 is 5.85. The summed E-state index contributed by atoms with van der Waals surface area (Å²) in [6, 6.07) is 7.43. The zero-order valence-electron chi connectivity index (χ0n) is 13.3. The van der Waals surface area contributed by atoms with Crippen molar-refractivity contribution in [3.63, 3.8) is 0 Å². The van der Waals surface area contributed by atoms with Crippen LogP contribution in [0.1, 0.15) is 29.9 Å². The average molecular weight is 342 g/mol. The Bertz CT molecular complexity index is 893.